The van der Waals surface area contributed by atoms with Crippen LogP contribution in [0.25, 0.3) is 0 Å². The predicted octanol–water partition coefficient (Wildman–Crippen LogP) is 4.45. The predicted molar refractivity (Wildman–Crippen MR) is 89.0 cm³/mol. The zero-order valence-corrected chi connectivity index (χ0v) is 12.8. The lowest BCUT2D eigenvalue weighted by Crippen LogP contribution is -2.09. The van der Waals surface area contributed by atoms with Gasteiger partial charge < -0.3 is 10.2 Å². The molecular formula is C17H21ClN2. The van der Waals surface area contributed by atoms with Gasteiger partial charge in [-0.2, -0.15) is 0 Å². The summed E-state index contributed by atoms with van der Waals surface area (Å²) in [5, 5.41) is 4.20. The summed E-state index contributed by atoms with van der Waals surface area (Å²) in [4.78, 5) is 2.02. The summed E-state index contributed by atoms with van der Waals surface area (Å²) in [6.45, 7) is 0.951. The first kappa shape index (κ1) is 14.7. The zero-order valence-electron chi connectivity index (χ0n) is 12.1. The first-order valence-corrected chi connectivity index (χ1v) is 7.29. The summed E-state index contributed by atoms with van der Waals surface area (Å²) in [6, 6.07) is 16.7. The van der Waals surface area contributed by atoms with Gasteiger partial charge in [-0.1, -0.05) is 41.9 Å². The molecule has 0 amide bonds. The molecule has 106 valence electrons. The van der Waals surface area contributed by atoms with E-state index >= 15 is 0 Å². The van der Waals surface area contributed by atoms with Gasteiger partial charge in [0.1, 0.15) is 0 Å². The van der Waals surface area contributed by atoms with Gasteiger partial charge in [0.25, 0.3) is 0 Å². The Morgan fingerprint density at radius 2 is 1.80 bits per heavy atom. The average Bonchev–Trinajstić information content (AvgIpc) is 2.44. The van der Waals surface area contributed by atoms with Crippen LogP contribution < -0.4 is 10.2 Å². The molecule has 0 radical (unpaired) electrons. The number of anilines is 2. The summed E-state index contributed by atoms with van der Waals surface area (Å²) < 4.78 is 0. The molecule has 0 saturated carbocycles. The Hall–Kier alpha value is -1.67. The Kier molecular flexibility index (Phi) is 5.31. The third-order valence-corrected chi connectivity index (χ3v) is 3.55. The second-order valence-electron chi connectivity index (χ2n) is 5.08. The standard InChI is InChI=1S/C17H21ClN2/c1-20(2)17-11-10-15(13-16(17)18)19-12-6-9-14-7-4-3-5-8-14/h3-5,7-8,10-11,13,19H,6,9,12H2,1-2H3. The molecule has 0 atom stereocenters. The van der Waals surface area contributed by atoms with Crippen molar-refractivity contribution in [1.82, 2.24) is 0 Å². The third kappa shape index (κ3) is 4.17. The Bertz CT molecular complexity index is 538. The van der Waals surface area contributed by atoms with Gasteiger partial charge in [-0.15, -0.1) is 0 Å². The van der Waals surface area contributed by atoms with E-state index in [9.17, 15) is 0 Å². The van der Waals surface area contributed by atoms with Crippen LogP contribution in [0.1, 0.15) is 12.0 Å². The summed E-state index contributed by atoms with van der Waals surface area (Å²) >= 11 is 6.25. The van der Waals surface area contributed by atoms with Crippen LogP contribution in [0.15, 0.2) is 48.5 Å². The molecule has 0 heterocycles. The molecule has 2 rings (SSSR count). The molecule has 0 aliphatic carbocycles. The monoisotopic (exact) mass is 288 g/mol. The van der Waals surface area contributed by atoms with E-state index < -0.39 is 0 Å². The van der Waals surface area contributed by atoms with Crippen molar-refractivity contribution >= 4 is 23.0 Å². The summed E-state index contributed by atoms with van der Waals surface area (Å²) in [7, 11) is 3.99. The van der Waals surface area contributed by atoms with Gasteiger partial charge in [0, 0.05) is 26.3 Å². The fourth-order valence-electron chi connectivity index (χ4n) is 2.15. The van der Waals surface area contributed by atoms with E-state index in [0.717, 1.165) is 35.8 Å². The van der Waals surface area contributed by atoms with Gasteiger partial charge in [-0.25, -0.2) is 0 Å². The highest BCUT2D eigenvalue weighted by atomic mass is 35.5. The zero-order chi connectivity index (χ0) is 14.4. The van der Waals surface area contributed by atoms with E-state index in [2.05, 4.69) is 41.7 Å². The summed E-state index contributed by atoms with van der Waals surface area (Å²) in [5.41, 5.74) is 3.51. The van der Waals surface area contributed by atoms with E-state index in [4.69, 9.17) is 11.6 Å². The lowest BCUT2D eigenvalue weighted by Gasteiger charge is -2.15. The van der Waals surface area contributed by atoms with Crippen LogP contribution in [0.3, 0.4) is 0 Å². The number of rotatable bonds is 6. The number of benzene rings is 2. The van der Waals surface area contributed by atoms with E-state index in [1.54, 1.807) is 0 Å². The van der Waals surface area contributed by atoms with Gasteiger partial charge >= 0.3 is 0 Å². The molecule has 0 unspecified atom stereocenters. The maximum atomic E-state index is 6.25. The number of nitrogens with one attached hydrogen (secondary N) is 1. The molecule has 0 spiro atoms. The first-order valence-electron chi connectivity index (χ1n) is 6.91. The van der Waals surface area contributed by atoms with Crippen LogP contribution >= 0.6 is 11.6 Å². The fraction of sp³-hybridized carbons (Fsp3) is 0.294. The molecular weight excluding hydrogens is 268 g/mol. The molecule has 0 fully saturated rings. The van der Waals surface area contributed by atoms with Crippen LogP contribution in [0, 0.1) is 0 Å². The van der Waals surface area contributed by atoms with Gasteiger partial charge in [-0.05, 0) is 36.6 Å². The average molecular weight is 289 g/mol. The van der Waals surface area contributed by atoms with Gasteiger partial charge in [0.15, 0.2) is 0 Å². The summed E-state index contributed by atoms with van der Waals surface area (Å²) in [5.74, 6) is 0. The lowest BCUT2D eigenvalue weighted by atomic mass is 10.1. The van der Waals surface area contributed by atoms with Gasteiger partial charge in [0.2, 0.25) is 0 Å². The minimum atomic E-state index is 0.781. The van der Waals surface area contributed by atoms with Gasteiger partial charge in [0.05, 0.1) is 10.7 Å². The van der Waals surface area contributed by atoms with Crippen LogP contribution in [0.5, 0.6) is 0 Å². The molecule has 2 nitrogen and oxygen atoms in total. The number of aryl methyl sites for hydroxylation is 1. The third-order valence-electron chi connectivity index (χ3n) is 3.24. The molecule has 20 heavy (non-hydrogen) atoms. The maximum Gasteiger partial charge on any atom is 0.0659 e. The SMILES string of the molecule is CN(C)c1ccc(NCCCc2ccccc2)cc1Cl. The number of halogens is 1. The largest absolute Gasteiger partial charge is 0.385 e. The van der Waals surface area contributed by atoms with E-state index in [1.807, 2.05) is 31.1 Å². The van der Waals surface area contributed by atoms with Crippen molar-refractivity contribution in [2.75, 3.05) is 30.9 Å². The highest BCUT2D eigenvalue weighted by Crippen LogP contribution is 2.27. The Morgan fingerprint density at radius 1 is 1.05 bits per heavy atom. The molecule has 2 aromatic rings. The van der Waals surface area contributed by atoms with Crippen molar-refractivity contribution in [2.45, 2.75) is 12.8 Å². The first-order chi connectivity index (χ1) is 9.66. The topological polar surface area (TPSA) is 15.3 Å². The van der Waals surface area contributed by atoms with Crippen molar-refractivity contribution < 1.29 is 0 Å². The molecule has 3 heteroatoms. The quantitative estimate of drug-likeness (QED) is 0.790. The second kappa shape index (κ2) is 7.20. The number of hydrogen-bond donors (Lipinski definition) is 1. The lowest BCUT2D eigenvalue weighted by molar-refractivity contribution is 0.863. The van der Waals surface area contributed by atoms with Crippen LogP contribution in [-0.2, 0) is 6.42 Å². The minimum absolute atomic E-state index is 0.781. The van der Waals surface area contributed by atoms with Crippen LogP contribution in [-0.4, -0.2) is 20.6 Å². The Labute approximate surface area is 126 Å². The maximum absolute atomic E-state index is 6.25. The summed E-state index contributed by atoms with van der Waals surface area (Å²) in [6.07, 6.45) is 2.20. The minimum Gasteiger partial charge on any atom is -0.385 e. The Morgan fingerprint density at radius 3 is 2.45 bits per heavy atom. The molecule has 1 N–H and O–H groups in total. The molecule has 0 aliphatic rings. The molecule has 0 aliphatic heterocycles. The van der Waals surface area contributed by atoms with Crippen LogP contribution in [0.4, 0.5) is 11.4 Å². The highest BCUT2D eigenvalue weighted by molar-refractivity contribution is 6.33. The van der Waals surface area contributed by atoms with E-state index in [0.29, 0.717) is 0 Å². The number of nitrogens with zero attached hydrogens (tertiary/aromatic N) is 1. The smallest absolute Gasteiger partial charge is 0.0659 e. The van der Waals surface area contributed by atoms with Crippen molar-refractivity contribution in [3.8, 4) is 0 Å². The van der Waals surface area contributed by atoms with Crippen molar-refractivity contribution in [3.05, 3.63) is 59.1 Å². The molecule has 2 aromatic carbocycles. The molecule has 0 saturated heterocycles. The van der Waals surface area contributed by atoms with E-state index in [1.165, 1.54) is 5.56 Å². The van der Waals surface area contributed by atoms with Gasteiger partial charge in [-0.3, -0.25) is 0 Å². The van der Waals surface area contributed by atoms with Crippen LogP contribution in [0.2, 0.25) is 5.02 Å². The number of hydrogen-bond acceptors (Lipinski definition) is 2. The van der Waals surface area contributed by atoms with Crippen molar-refractivity contribution in [2.24, 2.45) is 0 Å². The highest BCUT2D eigenvalue weighted by Gasteiger charge is 2.03. The Balaban J connectivity index is 1.81. The molecule has 0 bridgehead atoms. The van der Waals surface area contributed by atoms with Crippen molar-refractivity contribution in [3.63, 3.8) is 0 Å². The van der Waals surface area contributed by atoms with E-state index in [-0.39, 0.29) is 0 Å². The normalized spacial score (nSPS) is 10.3. The second-order valence-corrected chi connectivity index (χ2v) is 5.48. The molecule has 0 aromatic heterocycles. The fourth-order valence-corrected chi connectivity index (χ4v) is 2.50. The van der Waals surface area contributed by atoms with Crippen molar-refractivity contribution in [1.29, 1.82) is 0 Å².